The predicted octanol–water partition coefficient (Wildman–Crippen LogP) is 2.17. The monoisotopic (exact) mass is 273 g/mol. The van der Waals surface area contributed by atoms with E-state index in [2.05, 4.69) is 5.10 Å². The molecular formula is C12H14F3N3O. The van der Waals surface area contributed by atoms with E-state index in [1.165, 1.54) is 18.5 Å². The molecule has 0 bridgehead atoms. The maximum Gasteiger partial charge on any atom is 0.418 e. The summed E-state index contributed by atoms with van der Waals surface area (Å²) >= 11 is 0. The second-order valence-electron chi connectivity index (χ2n) is 4.46. The Labute approximate surface area is 108 Å². The van der Waals surface area contributed by atoms with Crippen molar-refractivity contribution in [3.05, 3.63) is 41.5 Å². The van der Waals surface area contributed by atoms with Crippen molar-refractivity contribution in [2.45, 2.75) is 25.7 Å². The van der Waals surface area contributed by atoms with E-state index >= 15 is 0 Å². The van der Waals surface area contributed by atoms with Crippen LogP contribution in [0.5, 0.6) is 0 Å². The molecule has 19 heavy (non-hydrogen) atoms. The fraction of sp³-hybridized carbons (Fsp3) is 0.417. The summed E-state index contributed by atoms with van der Waals surface area (Å²) in [7, 11) is 1.78. The average Bonchev–Trinajstić information content (AvgIpc) is 2.85. The average molecular weight is 273 g/mol. The lowest BCUT2D eigenvalue weighted by Crippen LogP contribution is -2.19. The lowest BCUT2D eigenvalue weighted by atomic mass is 10.2. The molecule has 2 aromatic rings. The lowest BCUT2D eigenvalue weighted by Gasteiger charge is -2.12. The van der Waals surface area contributed by atoms with Gasteiger partial charge in [0.05, 0.1) is 17.9 Å². The minimum Gasteiger partial charge on any atom is -0.379 e. The number of aromatic nitrogens is 3. The molecule has 2 rings (SSSR count). The molecule has 0 aliphatic heterocycles. The zero-order valence-corrected chi connectivity index (χ0v) is 10.5. The summed E-state index contributed by atoms with van der Waals surface area (Å²) in [6.07, 6.45) is -4.29. The summed E-state index contributed by atoms with van der Waals surface area (Å²) < 4.78 is 40.4. The molecule has 0 saturated heterocycles. The van der Waals surface area contributed by atoms with E-state index in [-0.39, 0.29) is 5.56 Å². The molecule has 0 spiro atoms. The standard InChI is InChI=1S/C12H14F3N3O/c1-8-5-10(17(2)16-8)7-18-4-3-9(6-18)11(19)12(13,14)15/h3-6,11,19H,7H2,1-2H3. The highest BCUT2D eigenvalue weighted by molar-refractivity contribution is 5.17. The van der Waals surface area contributed by atoms with Crippen LogP contribution in [0.15, 0.2) is 24.5 Å². The van der Waals surface area contributed by atoms with Gasteiger partial charge in [0.15, 0.2) is 6.10 Å². The SMILES string of the molecule is Cc1cc(Cn2ccc(C(O)C(F)(F)F)c2)n(C)n1. The molecule has 7 heteroatoms. The van der Waals surface area contributed by atoms with Gasteiger partial charge in [-0.3, -0.25) is 4.68 Å². The summed E-state index contributed by atoms with van der Waals surface area (Å²) in [6, 6.07) is 3.13. The molecule has 104 valence electrons. The highest BCUT2D eigenvalue weighted by Gasteiger charge is 2.39. The van der Waals surface area contributed by atoms with Gasteiger partial charge in [-0.25, -0.2) is 0 Å². The second kappa shape index (κ2) is 4.73. The van der Waals surface area contributed by atoms with E-state index in [4.69, 9.17) is 5.11 Å². The molecule has 0 saturated carbocycles. The number of hydrogen-bond acceptors (Lipinski definition) is 2. The molecule has 0 radical (unpaired) electrons. The van der Waals surface area contributed by atoms with Gasteiger partial charge in [0.1, 0.15) is 0 Å². The van der Waals surface area contributed by atoms with Crippen molar-refractivity contribution in [2.24, 2.45) is 7.05 Å². The van der Waals surface area contributed by atoms with E-state index in [0.29, 0.717) is 6.54 Å². The Kier molecular flexibility index (Phi) is 3.40. The number of aryl methyl sites for hydroxylation is 2. The summed E-state index contributed by atoms with van der Waals surface area (Å²) in [4.78, 5) is 0. The third kappa shape index (κ3) is 2.98. The van der Waals surface area contributed by atoms with Crippen LogP contribution in [0.2, 0.25) is 0 Å². The van der Waals surface area contributed by atoms with Crippen LogP contribution in [0.1, 0.15) is 23.1 Å². The number of nitrogens with zero attached hydrogens (tertiary/aromatic N) is 3. The van der Waals surface area contributed by atoms with Crippen molar-refractivity contribution >= 4 is 0 Å². The first kappa shape index (κ1) is 13.7. The van der Waals surface area contributed by atoms with Gasteiger partial charge in [-0.05, 0) is 19.1 Å². The summed E-state index contributed by atoms with van der Waals surface area (Å²) in [5.74, 6) is 0. The first-order chi connectivity index (χ1) is 8.77. The predicted molar refractivity (Wildman–Crippen MR) is 62.5 cm³/mol. The van der Waals surface area contributed by atoms with Gasteiger partial charge in [0.25, 0.3) is 0 Å². The third-order valence-electron chi connectivity index (χ3n) is 2.84. The van der Waals surface area contributed by atoms with Crippen molar-refractivity contribution in [3.8, 4) is 0 Å². The minimum atomic E-state index is -4.64. The quantitative estimate of drug-likeness (QED) is 0.931. The number of aliphatic hydroxyl groups excluding tert-OH is 1. The third-order valence-corrected chi connectivity index (χ3v) is 2.84. The minimum absolute atomic E-state index is 0.161. The fourth-order valence-electron chi connectivity index (χ4n) is 1.91. The van der Waals surface area contributed by atoms with Gasteiger partial charge >= 0.3 is 6.18 Å². The largest absolute Gasteiger partial charge is 0.418 e. The molecule has 1 atom stereocenters. The summed E-state index contributed by atoms with van der Waals surface area (Å²) in [5, 5.41) is 13.3. The second-order valence-corrected chi connectivity index (χ2v) is 4.46. The Bertz CT molecular complexity index is 571. The van der Waals surface area contributed by atoms with Crippen LogP contribution in [0, 0.1) is 6.92 Å². The van der Waals surface area contributed by atoms with Crippen LogP contribution in [0.4, 0.5) is 13.2 Å². The van der Waals surface area contributed by atoms with Crippen LogP contribution in [0.25, 0.3) is 0 Å². The highest BCUT2D eigenvalue weighted by Crippen LogP contribution is 2.32. The van der Waals surface area contributed by atoms with Crippen molar-refractivity contribution < 1.29 is 18.3 Å². The molecule has 0 amide bonds. The van der Waals surface area contributed by atoms with E-state index in [1.54, 1.807) is 16.3 Å². The Balaban J connectivity index is 2.16. The Morgan fingerprint density at radius 3 is 2.63 bits per heavy atom. The zero-order valence-electron chi connectivity index (χ0n) is 10.5. The van der Waals surface area contributed by atoms with Gasteiger partial charge in [0.2, 0.25) is 0 Å². The molecule has 4 nitrogen and oxygen atoms in total. The molecule has 0 aliphatic carbocycles. The van der Waals surface area contributed by atoms with E-state index in [9.17, 15) is 13.2 Å². The van der Waals surface area contributed by atoms with E-state index < -0.39 is 12.3 Å². The van der Waals surface area contributed by atoms with Crippen molar-refractivity contribution in [3.63, 3.8) is 0 Å². The molecule has 1 unspecified atom stereocenters. The van der Waals surface area contributed by atoms with Gasteiger partial charge in [-0.2, -0.15) is 18.3 Å². The Morgan fingerprint density at radius 2 is 2.11 bits per heavy atom. The first-order valence-corrected chi connectivity index (χ1v) is 5.67. The summed E-state index contributed by atoms with van der Waals surface area (Å²) in [5.41, 5.74) is 1.56. The van der Waals surface area contributed by atoms with Crippen molar-refractivity contribution in [1.29, 1.82) is 0 Å². The molecule has 0 aromatic carbocycles. The maximum absolute atomic E-state index is 12.4. The highest BCUT2D eigenvalue weighted by atomic mass is 19.4. The maximum atomic E-state index is 12.4. The normalized spacial score (nSPS) is 13.8. The molecule has 0 fully saturated rings. The van der Waals surface area contributed by atoms with Crippen molar-refractivity contribution in [1.82, 2.24) is 14.3 Å². The van der Waals surface area contributed by atoms with E-state index in [1.807, 2.05) is 13.0 Å². The number of rotatable bonds is 3. The van der Waals surface area contributed by atoms with Crippen LogP contribution in [-0.2, 0) is 13.6 Å². The topological polar surface area (TPSA) is 43.0 Å². The molecule has 0 aliphatic rings. The lowest BCUT2D eigenvalue weighted by molar-refractivity contribution is -0.206. The Hall–Kier alpha value is -1.76. The van der Waals surface area contributed by atoms with Gasteiger partial charge in [-0.1, -0.05) is 0 Å². The number of aliphatic hydroxyl groups is 1. The molecule has 2 aromatic heterocycles. The zero-order chi connectivity index (χ0) is 14.2. The Morgan fingerprint density at radius 1 is 1.42 bits per heavy atom. The first-order valence-electron chi connectivity index (χ1n) is 5.67. The van der Waals surface area contributed by atoms with Gasteiger partial charge in [0, 0.05) is 25.0 Å². The molecular weight excluding hydrogens is 259 g/mol. The van der Waals surface area contributed by atoms with Crippen LogP contribution < -0.4 is 0 Å². The van der Waals surface area contributed by atoms with Crippen molar-refractivity contribution in [2.75, 3.05) is 0 Å². The van der Waals surface area contributed by atoms with Crippen LogP contribution in [0.3, 0.4) is 0 Å². The van der Waals surface area contributed by atoms with Crippen LogP contribution >= 0.6 is 0 Å². The number of alkyl halides is 3. The van der Waals surface area contributed by atoms with E-state index in [0.717, 1.165) is 11.4 Å². The number of hydrogen-bond donors (Lipinski definition) is 1. The number of halogens is 3. The van der Waals surface area contributed by atoms with Gasteiger partial charge in [-0.15, -0.1) is 0 Å². The fourth-order valence-corrected chi connectivity index (χ4v) is 1.91. The van der Waals surface area contributed by atoms with Gasteiger partial charge < -0.3 is 9.67 Å². The smallest absolute Gasteiger partial charge is 0.379 e. The van der Waals surface area contributed by atoms with Crippen LogP contribution in [-0.4, -0.2) is 25.6 Å². The summed E-state index contributed by atoms with van der Waals surface area (Å²) in [6.45, 7) is 2.25. The molecule has 1 N–H and O–H groups in total. The molecule has 2 heterocycles.